The summed E-state index contributed by atoms with van der Waals surface area (Å²) in [6.45, 7) is 1.84. The Morgan fingerprint density at radius 1 is 1.11 bits per heavy atom. The molecule has 0 spiro atoms. The number of hydrazone groups is 1. The summed E-state index contributed by atoms with van der Waals surface area (Å²) in [5.74, 6) is -0.499. The van der Waals surface area contributed by atoms with Gasteiger partial charge < -0.3 is 4.74 Å². The van der Waals surface area contributed by atoms with Gasteiger partial charge in [0.25, 0.3) is 5.91 Å². The number of aromatic nitrogens is 1. The summed E-state index contributed by atoms with van der Waals surface area (Å²) < 4.78 is 6.32. The zero-order valence-corrected chi connectivity index (χ0v) is 16.5. The van der Waals surface area contributed by atoms with Gasteiger partial charge in [0.05, 0.1) is 11.8 Å². The molecule has 0 fully saturated rings. The van der Waals surface area contributed by atoms with E-state index in [4.69, 9.17) is 4.74 Å². The predicted octanol–water partition coefficient (Wildman–Crippen LogP) is 4.14. The number of benzene rings is 2. The molecule has 0 aliphatic heterocycles. The number of aryl methyl sites for hydroxylation is 1. The molecule has 1 amide bonds. The molecule has 0 atom stereocenters. The molecule has 140 valence electrons. The molecule has 7 heteroatoms. The van der Waals surface area contributed by atoms with Crippen LogP contribution < -0.4 is 10.2 Å². The molecule has 0 unspecified atom stereocenters. The van der Waals surface area contributed by atoms with E-state index in [2.05, 4.69) is 31.4 Å². The van der Waals surface area contributed by atoms with Crippen molar-refractivity contribution in [3.8, 4) is 5.75 Å². The SMILES string of the molecule is Cc1ccccc1C(=O)Oc1ccc(Br)cc1C=NNC(=O)c1ccncc1. The smallest absolute Gasteiger partial charge is 0.343 e. The Kier molecular flexibility index (Phi) is 6.29. The third kappa shape index (κ3) is 4.89. The van der Waals surface area contributed by atoms with Gasteiger partial charge in [-0.15, -0.1) is 0 Å². The number of carbonyl (C=O) groups excluding carboxylic acids is 2. The zero-order chi connectivity index (χ0) is 19.9. The molecule has 2 aromatic carbocycles. The zero-order valence-electron chi connectivity index (χ0n) is 14.9. The van der Waals surface area contributed by atoms with Gasteiger partial charge in [-0.25, -0.2) is 10.2 Å². The molecule has 0 saturated carbocycles. The highest BCUT2D eigenvalue weighted by molar-refractivity contribution is 9.10. The first-order valence-electron chi connectivity index (χ1n) is 8.35. The van der Waals surface area contributed by atoms with Crippen molar-refractivity contribution in [3.05, 3.63) is 93.7 Å². The number of halogens is 1. The first kappa shape index (κ1) is 19.4. The Bertz CT molecular complexity index is 1040. The summed E-state index contributed by atoms with van der Waals surface area (Å²) in [7, 11) is 0. The topological polar surface area (TPSA) is 80.6 Å². The number of amides is 1. The van der Waals surface area contributed by atoms with Crippen LogP contribution in [0.2, 0.25) is 0 Å². The molecule has 0 aliphatic carbocycles. The first-order valence-corrected chi connectivity index (χ1v) is 9.14. The van der Waals surface area contributed by atoms with Crippen molar-refractivity contribution < 1.29 is 14.3 Å². The lowest BCUT2D eigenvalue weighted by atomic mass is 10.1. The number of ether oxygens (including phenoxy) is 1. The normalized spacial score (nSPS) is 10.6. The van der Waals surface area contributed by atoms with Gasteiger partial charge in [-0.05, 0) is 48.9 Å². The lowest BCUT2D eigenvalue weighted by Crippen LogP contribution is -2.17. The molecule has 1 N–H and O–H groups in total. The highest BCUT2D eigenvalue weighted by Crippen LogP contribution is 2.23. The van der Waals surface area contributed by atoms with Gasteiger partial charge in [0, 0.05) is 28.0 Å². The van der Waals surface area contributed by atoms with Gasteiger partial charge >= 0.3 is 5.97 Å². The highest BCUT2D eigenvalue weighted by Gasteiger charge is 2.13. The number of carbonyl (C=O) groups is 2. The lowest BCUT2D eigenvalue weighted by Gasteiger charge is -2.09. The number of esters is 1. The predicted molar refractivity (Wildman–Crippen MR) is 110 cm³/mol. The van der Waals surface area contributed by atoms with E-state index in [1.807, 2.05) is 19.1 Å². The Hall–Kier alpha value is -3.32. The van der Waals surface area contributed by atoms with Crippen molar-refractivity contribution in [1.82, 2.24) is 10.4 Å². The van der Waals surface area contributed by atoms with Crippen molar-refractivity contribution >= 4 is 34.0 Å². The van der Waals surface area contributed by atoms with E-state index in [9.17, 15) is 9.59 Å². The summed E-state index contributed by atoms with van der Waals surface area (Å²) in [6, 6.07) is 15.5. The number of hydrogen-bond donors (Lipinski definition) is 1. The second kappa shape index (κ2) is 9.05. The van der Waals surface area contributed by atoms with Crippen molar-refractivity contribution in [3.63, 3.8) is 0 Å². The van der Waals surface area contributed by atoms with Gasteiger partial charge in [0.15, 0.2) is 0 Å². The molecule has 3 rings (SSSR count). The van der Waals surface area contributed by atoms with Gasteiger partial charge in [-0.1, -0.05) is 34.1 Å². The Morgan fingerprint density at radius 2 is 1.86 bits per heavy atom. The standard InChI is InChI=1S/C21H16BrN3O3/c1-14-4-2-3-5-18(14)21(27)28-19-7-6-17(22)12-16(19)13-24-25-20(26)15-8-10-23-11-9-15/h2-13H,1H3,(H,25,26). The fraction of sp³-hybridized carbons (Fsp3) is 0.0476. The highest BCUT2D eigenvalue weighted by atomic mass is 79.9. The molecular weight excluding hydrogens is 422 g/mol. The number of hydrogen-bond acceptors (Lipinski definition) is 5. The lowest BCUT2D eigenvalue weighted by molar-refractivity contribution is 0.0733. The maximum atomic E-state index is 12.5. The minimum Gasteiger partial charge on any atom is -0.422 e. The van der Waals surface area contributed by atoms with E-state index in [0.29, 0.717) is 22.4 Å². The minimum absolute atomic E-state index is 0.332. The average molecular weight is 438 g/mol. The fourth-order valence-electron chi connectivity index (χ4n) is 2.40. The van der Waals surface area contributed by atoms with Gasteiger partial charge in [-0.2, -0.15) is 5.10 Å². The van der Waals surface area contributed by atoms with E-state index in [1.54, 1.807) is 42.5 Å². The number of pyridine rings is 1. The van der Waals surface area contributed by atoms with Crippen molar-refractivity contribution in [1.29, 1.82) is 0 Å². The van der Waals surface area contributed by atoms with Crippen molar-refractivity contribution in [2.24, 2.45) is 5.10 Å². The van der Waals surface area contributed by atoms with Crippen LogP contribution in [0.25, 0.3) is 0 Å². The Labute approximate surface area is 170 Å². The molecule has 0 aliphatic rings. The minimum atomic E-state index is -0.462. The molecular formula is C21H16BrN3O3. The molecule has 0 saturated heterocycles. The first-order chi connectivity index (χ1) is 13.5. The summed E-state index contributed by atoms with van der Waals surface area (Å²) >= 11 is 3.38. The molecule has 6 nitrogen and oxygen atoms in total. The van der Waals surface area contributed by atoms with Crippen LogP contribution in [0.3, 0.4) is 0 Å². The molecule has 3 aromatic rings. The Morgan fingerprint density at radius 3 is 2.61 bits per heavy atom. The summed E-state index contributed by atoms with van der Waals surface area (Å²) in [5, 5.41) is 3.96. The molecule has 1 heterocycles. The van der Waals surface area contributed by atoms with Crippen molar-refractivity contribution in [2.45, 2.75) is 6.92 Å². The van der Waals surface area contributed by atoms with Crippen molar-refractivity contribution in [2.75, 3.05) is 0 Å². The molecule has 28 heavy (non-hydrogen) atoms. The Balaban J connectivity index is 1.76. The summed E-state index contributed by atoms with van der Waals surface area (Å²) in [6.07, 6.45) is 4.47. The van der Waals surface area contributed by atoms with E-state index in [-0.39, 0.29) is 5.91 Å². The number of nitrogens with one attached hydrogen (secondary N) is 1. The van der Waals surface area contributed by atoms with E-state index >= 15 is 0 Å². The van der Waals surface area contributed by atoms with E-state index in [1.165, 1.54) is 18.6 Å². The maximum Gasteiger partial charge on any atom is 0.343 e. The van der Waals surface area contributed by atoms with E-state index < -0.39 is 5.97 Å². The maximum absolute atomic E-state index is 12.5. The van der Waals surface area contributed by atoms with Crippen LogP contribution >= 0.6 is 15.9 Å². The fourth-order valence-corrected chi connectivity index (χ4v) is 2.78. The van der Waals surface area contributed by atoms with E-state index in [0.717, 1.165) is 10.0 Å². The van der Waals surface area contributed by atoms with Crippen LogP contribution in [0, 0.1) is 6.92 Å². The monoisotopic (exact) mass is 437 g/mol. The second-order valence-electron chi connectivity index (χ2n) is 5.82. The van der Waals surface area contributed by atoms with Crippen LogP contribution in [-0.4, -0.2) is 23.1 Å². The third-order valence-corrected chi connectivity index (χ3v) is 4.34. The van der Waals surface area contributed by atoms with Crippen LogP contribution in [0.4, 0.5) is 0 Å². The number of rotatable bonds is 5. The van der Waals surface area contributed by atoms with Crippen LogP contribution in [0.15, 0.2) is 76.6 Å². The van der Waals surface area contributed by atoms with Crippen LogP contribution in [-0.2, 0) is 0 Å². The number of nitrogens with zero attached hydrogens (tertiary/aromatic N) is 2. The molecule has 1 aromatic heterocycles. The van der Waals surface area contributed by atoms with Crippen LogP contribution in [0.1, 0.15) is 31.8 Å². The molecule has 0 bridgehead atoms. The third-order valence-electron chi connectivity index (χ3n) is 3.85. The second-order valence-corrected chi connectivity index (χ2v) is 6.74. The van der Waals surface area contributed by atoms with Crippen LogP contribution in [0.5, 0.6) is 5.75 Å². The molecule has 0 radical (unpaired) electrons. The summed E-state index contributed by atoms with van der Waals surface area (Å²) in [5.41, 5.74) is 4.72. The van der Waals surface area contributed by atoms with Gasteiger partial charge in [0.2, 0.25) is 0 Å². The largest absolute Gasteiger partial charge is 0.422 e. The average Bonchev–Trinajstić information content (AvgIpc) is 2.70. The van der Waals surface area contributed by atoms with Gasteiger partial charge in [0.1, 0.15) is 5.75 Å². The summed E-state index contributed by atoms with van der Waals surface area (Å²) in [4.78, 5) is 28.4. The quantitative estimate of drug-likeness (QED) is 0.281. The van der Waals surface area contributed by atoms with Gasteiger partial charge in [-0.3, -0.25) is 9.78 Å².